The zero-order valence-electron chi connectivity index (χ0n) is 27.6. The molecule has 0 aliphatic heterocycles. The van der Waals surface area contributed by atoms with Crippen molar-refractivity contribution in [1.29, 1.82) is 0 Å². The molecule has 252 valence electrons. The highest BCUT2D eigenvalue weighted by atomic mass is 32.2. The number of hydrogen-bond acceptors (Lipinski definition) is 4. The van der Waals surface area contributed by atoms with E-state index in [0.29, 0.717) is 16.7 Å². The Morgan fingerprint density at radius 1 is 0.875 bits per heavy atom. The number of benzene rings is 4. The Bertz CT molecular complexity index is 1930. The average molecular weight is 675 g/mol. The lowest BCUT2D eigenvalue weighted by Crippen LogP contribution is -2.28. The van der Waals surface area contributed by atoms with Crippen molar-refractivity contribution in [3.63, 3.8) is 0 Å². The number of halogens is 2. The maximum absolute atomic E-state index is 15.4. The molecule has 48 heavy (non-hydrogen) atoms. The van der Waals surface area contributed by atoms with Gasteiger partial charge in [-0.15, -0.1) is 0 Å². The van der Waals surface area contributed by atoms with Gasteiger partial charge in [0.05, 0.1) is 17.4 Å². The number of anilines is 1. The van der Waals surface area contributed by atoms with Crippen molar-refractivity contribution in [2.75, 3.05) is 17.6 Å². The second-order valence-corrected chi connectivity index (χ2v) is 14.6. The van der Waals surface area contributed by atoms with Crippen molar-refractivity contribution < 1.29 is 31.3 Å². The standard InChI is InChI=1S/C38H40F2N2O5S/c1-24-6-15-30(25(2)20-24)32-22-34(40)35(23-33(32)39)42-37(44)31(28-11-7-26(8-12-28)16-17-38(3,4)5)21-27-9-13-29(14-10-27)36(43)41-18-19-48(45,46)47/h6-17,20,22-23,31H,18-19,21H2,1-5H3,(H,41,43)(H,42,44)(H,45,46,47). The van der Waals surface area contributed by atoms with Gasteiger partial charge in [0.15, 0.2) is 0 Å². The molecule has 0 heterocycles. The first-order valence-corrected chi connectivity index (χ1v) is 17.1. The van der Waals surface area contributed by atoms with E-state index in [-0.39, 0.29) is 35.2 Å². The molecule has 4 aromatic carbocycles. The molecule has 1 unspecified atom stereocenters. The van der Waals surface area contributed by atoms with Gasteiger partial charge in [-0.05, 0) is 71.7 Å². The van der Waals surface area contributed by atoms with Crippen molar-refractivity contribution in [3.8, 4) is 11.1 Å². The van der Waals surface area contributed by atoms with Crippen molar-refractivity contribution in [2.45, 2.75) is 47.0 Å². The van der Waals surface area contributed by atoms with Crippen LogP contribution >= 0.6 is 0 Å². The van der Waals surface area contributed by atoms with Crippen LogP contribution in [0.25, 0.3) is 17.2 Å². The monoisotopic (exact) mass is 674 g/mol. The highest BCUT2D eigenvalue weighted by molar-refractivity contribution is 7.85. The van der Waals surface area contributed by atoms with Crippen LogP contribution in [-0.2, 0) is 21.3 Å². The summed E-state index contributed by atoms with van der Waals surface area (Å²) in [7, 11) is -4.22. The molecular weight excluding hydrogens is 634 g/mol. The van der Waals surface area contributed by atoms with Crippen molar-refractivity contribution in [3.05, 3.63) is 130 Å². The summed E-state index contributed by atoms with van der Waals surface area (Å²) in [5.74, 6) is -3.93. The molecule has 10 heteroatoms. The molecule has 0 bridgehead atoms. The summed E-state index contributed by atoms with van der Waals surface area (Å²) >= 11 is 0. The summed E-state index contributed by atoms with van der Waals surface area (Å²) in [5.41, 5.74) is 4.69. The predicted molar refractivity (Wildman–Crippen MR) is 186 cm³/mol. The van der Waals surface area contributed by atoms with E-state index < -0.39 is 45.2 Å². The Morgan fingerprint density at radius 2 is 1.54 bits per heavy atom. The lowest BCUT2D eigenvalue weighted by molar-refractivity contribution is -0.117. The van der Waals surface area contributed by atoms with Crippen LogP contribution < -0.4 is 10.6 Å². The van der Waals surface area contributed by atoms with Gasteiger partial charge in [-0.25, -0.2) is 8.78 Å². The van der Waals surface area contributed by atoms with E-state index in [0.717, 1.165) is 28.8 Å². The minimum Gasteiger partial charge on any atom is -0.351 e. The van der Waals surface area contributed by atoms with Crippen molar-refractivity contribution in [2.24, 2.45) is 5.41 Å². The number of hydrogen-bond donors (Lipinski definition) is 3. The van der Waals surface area contributed by atoms with Crippen LogP contribution in [-0.4, -0.2) is 37.1 Å². The smallest absolute Gasteiger partial charge is 0.266 e. The molecule has 4 rings (SSSR count). The zero-order valence-corrected chi connectivity index (χ0v) is 28.4. The van der Waals surface area contributed by atoms with E-state index in [1.807, 2.05) is 56.3 Å². The molecule has 4 aromatic rings. The van der Waals surface area contributed by atoms with E-state index in [2.05, 4.69) is 37.5 Å². The van der Waals surface area contributed by atoms with Gasteiger partial charge in [0, 0.05) is 23.7 Å². The van der Waals surface area contributed by atoms with Gasteiger partial charge in [-0.1, -0.05) is 93.1 Å². The highest BCUT2D eigenvalue weighted by Crippen LogP contribution is 2.32. The Hall–Kier alpha value is -4.67. The lowest BCUT2D eigenvalue weighted by Gasteiger charge is -2.19. The highest BCUT2D eigenvalue weighted by Gasteiger charge is 2.24. The SMILES string of the molecule is Cc1ccc(-c2cc(F)c(NC(=O)C(Cc3ccc(C(=O)NCCS(=O)(=O)O)cc3)c3ccc(C=CC(C)(C)C)cc3)cc2F)c(C)c1. The van der Waals surface area contributed by atoms with Crippen LogP contribution in [0.3, 0.4) is 0 Å². The van der Waals surface area contributed by atoms with Crippen molar-refractivity contribution in [1.82, 2.24) is 5.32 Å². The first-order valence-electron chi connectivity index (χ1n) is 15.5. The van der Waals surface area contributed by atoms with Crippen LogP contribution in [0.5, 0.6) is 0 Å². The molecule has 0 spiro atoms. The molecule has 0 aliphatic carbocycles. The number of nitrogens with one attached hydrogen (secondary N) is 2. The Balaban J connectivity index is 1.60. The first-order chi connectivity index (χ1) is 22.5. The molecule has 0 saturated heterocycles. The minimum absolute atomic E-state index is 0.0201. The van der Waals surface area contributed by atoms with Gasteiger partial charge in [-0.3, -0.25) is 14.1 Å². The third kappa shape index (κ3) is 10.2. The fraction of sp³-hybridized carbons (Fsp3) is 0.263. The van der Waals surface area contributed by atoms with Crippen LogP contribution in [0, 0.1) is 30.9 Å². The second kappa shape index (κ2) is 15.0. The van der Waals surface area contributed by atoms with Gasteiger partial charge in [0.25, 0.3) is 16.0 Å². The van der Waals surface area contributed by atoms with Gasteiger partial charge in [0.1, 0.15) is 11.6 Å². The zero-order chi connectivity index (χ0) is 35.2. The summed E-state index contributed by atoms with van der Waals surface area (Å²) in [6.45, 7) is 9.75. The molecule has 0 aromatic heterocycles. The maximum Gasteiger partial charge on any atom is 0.266 e. The van der Waals surface area contributed by atoms with Gasteiger partial charge in [0.2, 0.25) is 5.91 Å². The first kappa shape index (κ1) is 36.2. The minimum atomic E-state index is -4.22. The van der Waals surface area contributed by atoms with Crippen molar-refractivity contribution >= 4 is 33.7 Å². The van der Waals surface area contributed by atoms with E-state index >= 15 is 8.78 Å². The maximum atomic E-state index is 15.4. The van der Waals surface area contributed by atoms with Gasteiger partial charge >= 0.3 is 0 Å². The van der Waals surface area contributed by atoms with Crippen LogP contribution in [0.15, 0.2) is 84.9 Å². The Morgan fingerprint density at radius 3 is 2.15 bits per heavy atom. The molecule has 7 nitrogen and oxygen atoms in total. The summed E-state index contributed by atoms with van der Waals surface area (Å²) in [4.78, 5) is 26.2. The summed E-state index contributed by atoms with van der Waals surface area (Å²) in [6.07, 6.45) is 4.25. The largest absolute Gasteiger partial charge is 0.351 e. The Kier molecular flexibility index (Phi) is 11.3. The molecule has 2 amide bonds. The predicted octanol–water partition coefficient (Wildman–Crippen LogP) is 7.89. The van der Waals surface area contributed by atoms with Gasteiger partial charge < -0.3 is 10.6 Å². The van der Waals surface area contributed by atoms with E-state index in [1.54, 1.807) is 18.2 Å². The molecule has 0 saturated carbocycles. The fourth-order valence-electron chi connectivity index (χ4n) is 5.16. The number of carbonyl (C=O) groups excluding carboxylic acids is 2. The molecule has 0 aliphatic rings. The van der Waals surface area contributed by atoms with E-state index in [9.17, 15) is 18.0 Å². The lowest BCUT2D eigenvalue weighted by atomic mass is 9.89. The van der Waals surface area contributed by atoms with Crippen LogP contribution in [0.4, 0.5) is 14.5 Å². The molecule has 3 N–H and O–H groups in total. The molecule has 0 fully saturated rings. The number of aryl methyl sites for hydroxylation is 2. The molecule has 1 atom stereocenters. The average Bonchev–Trinajstić information content (AvgIpc) is 3.00. The summed E-state index contributed by atoms with van der Waals surface area (Å²) in [5, 5.41) is 5.02. The third-order valence-electron chi connectivity index (χ3n) is 7.72. The van der Waals surface area contributed by atoms with Gasteiger partial charge in [-0.2, -0.15) is 8.42 Å². The second-order valence-electron chi connectivity index (χ2n) is 13.0. The summed E-state index contributed by atoms with van der Waals surface area (Å²) in [6, 6.07) is 21.4. The molecular formula is C38H40F2N2O5S. The number of allylic oxidation sites excluding steroid dienone is 1. The quantitative estimate of drug-likeness (QED) is 0.140. The topological polar surface area (TPSA) is 113 Å². The normalized spacial score (nSPS) is 12.6. The van der Waals surface area contributed by atoms with E-state index in [1.165, 1.54) is 12.1 Å². The van der Waals surface area contributed by atoms with Crippen LogP contribution in [0.2, 0.25) is 0 Å². The third-order valence-corrected chi connectivity index (χ3v) is 8.44. The van der Waals surface area contributed by atoms with Crippen LogP contribution in [0.1, 0.15) is 64.9 Å². The van der Waals surface area contributed by atoms with E-state index in [4.69, 9.17) is 4.55 Å². The fourth-order valence-corrected chi connectivity index (χ4v) is 5.52. The molecule has 0 radical (unpaired) electrons. The summed E-state index contributed by atoms with van der Waals surface area (Å²) < 4.78 is 61.5. The number of rotatable bonds is 11. The Labute approximate surface area is 280 Å². The number of carbonyl (C=O) groups is 2. The number of amides is 2.